The Bertz CT molecular complexity index is 1040. The first kappa shape index (κ1) is 22.8. The van der Waals surface area contributed by atoms with Crippen LogP contribution in [0, 0.1) is 0 Å². The quantitative estimate of drug-likeness (QED) is 0.550. The Morgan fingerprint density at radius 2 is 1.52 bits per heavy atom. The van der Waals surface area contributed by atoms with Gasteiger partial charge in [-0.15, -0.1) is 0 Å². The highest BCUT2D eigenvalue weighted by molar-refractivity contribution is 6.00. The summed E-state index contributed by atoms with van der Waals surface area (Å²) >= 11 is 0. The van der Waals surface area contributed by atoms with Crippen LogP contribution in [0.15, 0.2) is 72.8 Å². The van der Waals surface area contributed by atoms with Crippen LogP contribution in [0.3, 0.4) is 0 Å². The summed E-state index contributed by atoms with van der Waals surface area (Å²) in [5.41, 5.74) is 9.63. The molecule has 0 saturated carbocycles. The number of hydrogen-bond donors (Lipinski definition) is 0. The third-order valence-electron chi connectivity index (χ3n) is 5.88. The average molecular weight is 416 g/mol. The Morgan fingerprint density at radius 1 is 0.806 bits per heavy atom. The number of rotatable bonds is 6. The number of nitrogens with zero attached hydrogens (tertiary/aromatic N) is 1. The lowest BCUT2D eigenvalue weighted by atomic mass is 9.80. The van der Waals surface area contributed by atoms with Crippen molar-refractivity contribution in [3.05, 3.63) is 101 Å². The maximum absolute atomic E-state index is 6.06. The van der Waals surface area contributed by atoms with Gasteiger partial charge in [0, 0.05) is 6.54 Å². The van der Waals surface area contributed by atoms with Crippen LogP contribution in [0.5, 0.6) is 5.75 Å². The average Bonchev–Trinajstić information content (AvgIpc) is 2.76. The Labute approximate surface area is 186 Å². The molecule has 3 aromatic carbocycles. The molecule has 1 aliphatic carbocycles. The molecule has 162 valence electrons. The molecule has 0 radical (unpaired) electrons. The van der Waals surface area contributed by atoms with E-state index in [9.17, 15) is 0 Å². The molecule has 0 amide bonds. The van der Waals surface area contributed by atoms with Crippen molar-refractivity contribution < 1.29 is 10.2 Å². The van der Waals surface area contributed by atoms with Gasteiger partial charge in [-0.2, -0.15) is 0 Å². The van der Waals surface area contributed by atoms with Gasteiger partial charge in [0.2, 0.25) is 0 Å². The first-order valence-electron chi connectivity index (χ1n) is 10.9. The molecule has 0 aliphatic heterocycles. The molecule has 0 atom stereocenters. The molecule has 0 unspecified atom stereocenters. The summed E-state index contributed by atoms with van der Waals surface area (Å²) in [7, 11) is 4.15. The molecule has 0 bridgehead atoms. The van der Waals surface area contributed by atoms with Crippen molar-refractivity contribution in [1.82, 2.24) is 4.90 Å². The minimum Gasteiger partial charge on any atom is -0.492 e. The van der Waals surface area contributed by atoms with Crippen molar-refractivity contribution in [1.29, 1.82) is 0 Å². The molecule has 1 aliphatic rings. The Hall–Kier alpha value is -2.88. The van der Waals surface area contributed by atoms with Gasteiger partial charge < -0.3 is 15.1 Å². The second-order valence-corrected chi connectivity index (χ2v) is 8.20. The molecule has 0 fully saturated rings. The van der Waals surface area contributed by atoms with Crippen LogP contribution in [0.2, 0.25) is 0 Å². The topological polar surface area (TPSA) is 44.0 Å². The van der Waals surface area contributed by atoms with Crippen LogP contribution in [0.4, 0.5) is 0 Å². The van der Waals surface area contributed by atoms with Gasteiger partial charge in [0.05, 0.1) is 0 Å². The van der Waals surface area contributed by atoms with Gasteiger partial charge in [-0.05, 0) is 84.5 Å². The van der Waals surface area contributed by atoms with Crippen LogP contribution in [0.25, 0.3) is 11.1 Å². The second kappa shape index (κ2) is 10.4. The number of hydrogen-bond acceptors (Lipinski definition) is 2. The van der Waals surface area contributed by atoms with Crippen molar-refractivity contribution in [3.63, 3.8) is 0 Å². The van der Waals surface area contributed by atoms with E-state index in [0.29, 0.717) is 6.61 Å². The Balaban J connectivity index is 0.00000272. The SMILES string of the molecule is CC/C1=C(\c2ccccc2)c2ccc(OCCN(C)C)cc2CCc2ccccc21.O. The van der Waals surface area contributed by atoms with E-state index in [1.165, 1.54) is 39.0 Å². The lowest BCUT2D eigenvalue weighted by Crippen LogP contribution is -2.19. The summed E-state index contributed by atoms with van der Waals surface area (Å²) in [5, 5.41) is 0. The van der Waals surface area contributed by atoms with E-state index in [0.717, 1.165) is 31.6 Å². The predicted octanol–water partition coefficient (Wildman–Crippen LogP) is 5.27. The molecule has 3 aromatic rings. The smallest absolute Gasteiger partial charge is 0.119 e. The summed E-state index contributed by atoms with van der Waals surface area (Å²) in [6, 6.07) is 26.4. The highest BCUT2D eigenvalue weighted by atomic mass is 16.5. The minimum atomic E-state index is 0. The molecular weight excluding hydrogens is 382 g/mol. The van der Waals surface area contributed by atoms with E-state index in [1.54, 1.807) is 0 Å². The molecule has 0 spiro atoms. The second-order valence-electron chi connectivity index (χ2n) is 8.20. The highest BCUT2D eigenvalue weighted by Crippen LogP contribution is 2.40. The highest BCUT2D eigenvalue weighted by Gasteiger charge is 2.20. The molecule has 0 saturated heterocycles. The summed E-state index contributed by atoms with van der Waals surface area (Å²) in [5.74, 6) is 0.968. The van der Waals surface area contributed by atoms with Crippen molar-refractivity contribution in [2.75, 3.05) is 27.2 Å². The summed E-state index contributed by atoms with van der Waals surface area (Å²) in [6.07, 6.45) is 3.07. The van der Waals surface area contributed by atoms with Crippen molar-refractivity contribution in [3.8, 4) is 5.75 Å². The van der Waals surface area contributed by atoms with E-state index >= 15 is 0 Å². The monoisotopic (exact) mass is 415 g/mol. The largest absolute Gasteiger partial charge is 0.492 e. The normalized spacial score (nSPS) is 15.4. The lowest BCUT2D eigenvalue weighted by molar-refractivity contribution is 0.261. The molecule has 2 N–H and O–H groups in total. The fourth-order valence-electron chi connectivity index (χ4n) is 4.36. The van der Waals surface area contributed by atoms with Gasteiger partial charge in [0.1, 0.15) is 12.4 Å². The van der Waals surface area contributed by atoms with Crippen LogP contribution >= 0.6 is 0 Å². The number of allylic oxidation sites excluding steroid dienone is 1. The van der Waals surface area contributed by atoms with Gasteiger partial charge in [-0.3, -0.25) is 0 Å². The van der Waals surface area contributed by atoms with Gasteiger partial charge in [-0.1, -0.05) is 67.6 Å². The van der Waals surface area contributed by atoms with Crippen LogP contribution in [0.1, 0.15) is 41.2 Å². The number of ether oxygens (including phenoxy) is 1. The van der Waals surface area contributed by atoms with E-state index < -0.39 is 0 Å². The molecule has 3 nitrogen and oxygen atoms in total. The third-order valence-corrected chi connectivity index (χ3v) is 5.88. The third kappa shape index (κ3) is 5.07. The fourth-order valence-corrected chi connectivity index (χ4v) is 4.36. The zero-order chi connectivity index (χ0) is 20.9. The maximum atomic E-state index is 6.06. The molecule has 4 rings (SSSR count). The molecular formula is C28H33NO2. The first-order chi connectivity index (χ1) is 14.7. The molecule has 31 heavy (non-hydrogen) atoms. The zero-order valence-electron chi connectivity index (χ0n) is 18.8. The van der Waals surface area contributed by atoms with E-state index in [-0.39, 0.29) is 5.48 Å². The zero-order valence-corrected chi connectivity index (χ0v) is 18.8. The van der Waals surface area contributed by atoms with Gasteiger partial charge in [0.15, 0.2) is 0 Å². The van der Waals surface area contributed by atoms with E-state index in [4.69, 9.17) is 4.74 Å². The van der Waals surface area contributed by atoms with Crippen LogP contribution < -0.4 is 4.74 Å². The van der Waals surface area contributed by atoms with Gasteiger partial charge >= 0.3 is 0 Å². The maximum Gasteiger partial charge on any atom is 0.119 e. The fraction of sp³-hybridized carbons (Fsp3) is 0.286. The molecule has 0 aromatic heterocycles. The predicted molar refractivity (Wildman–Crippen MR) is 131 cm³/mol. The minimum absolute atomic E-state index is 0. The van der Waals surface area contributed by atoms with Crippen molar-refractivity contribution >= 4 is 11.1 Å². The Morgan fingerprint density at radius 3 is 2.26 bits per heavy atom. The van der Waals surface area contributed by atoms with Crippen molar-refractivity contribution in [2.24, 2.45) is 0 Å². The lowest BCUT2D eigenvalue weighted by Gasteiger charge is -2.24. The summed E-state index contributed by atoms with van der Waals surface area (Å²) in [6.45, 7) is 3.89. The number of fused-ring (bicyclic) bond motifs is 2. The number of aryl methyl sites for hydroxylation is 2. The number of likely N-dealkylation sites (N-methyl/N-ethyl adjacent to an activating group) is 1. The van der Waals surface area contributed by atoms with Gasteiger partial charge in [-0.25, -0.2) is 0 Å². The van der Waals surface area contributed by atoms with Crippen LogP contribution in [-0.4, -0.2) is 37.6 Å². The van der Waals surface area contributed by atoms with E-state index in [1.807, 2.05) is 0 Å². The number of benzene rings is 3. The summed E-state index contributed by atoms with van der Waals surface area (Å²) in [4.78, 5) is 2.15. The van der Waals surface area contributed by atoms with Crippen LogP contribution in [-0.2, 0) is 12.8 Å². The molecule has 0 heterocycles. The van der Waals surface area contributed by atoms with Gasteiger partial charge in [0.25, 0.3) is 0 Å². The molecule has 3 heteroatoms. The Kier molecular flexibility index (Phi) is 7.67. The van der Waals surface area contributed by atoms with Crippen molar-refractivity contribution in [2.45, 2.75) is 26.2 Å². The standard InChI is InChI=1S/C28H31NO.H2O/c1-4-25-26-13-9-8-10-21(26)14-15-23-20-24(30-19-18-29(2)3)16-17-27(23)28(25)22-11-6-5-7-12-22;/h5-13,16-17,20H,4,14-15,18-19H2,1-3H3;1H2/b28-25-;. The summed E-state index contributed by atoms with van der Waals surface area (Å²) < 4.78 is 6.06. The van der Waals surface area contributed by atoms with E-state index in [2.05, 4.69) is 98.7 Å². The first-order valence-corrected chi connectivity index (χ1v) is 10.9.